The largest absolute Gasteiger partial charge is 0.490 e. The SMILES string of the molecule is CCCCCN1C(=O)C(C)(CO)Oc2cc(C(F)(F)F)c(C(=O)N(C(C)C)C3CCCCC3)cc21.[C-]#[N+]c1cccc(OCC2(C)Oc3cc(C(F)(F)F)c(C(=O)N(C(C)C)C4CCCCC4)cc3N(CCCCC)C2=O)c1. The molecule has 4 amide bonds. The van der Waals surface area contributed by atoms with E-state index >= 15 is 0 Å². The maximum atomic E-state index is 14.6. The lowest BCUT2D eigenvalue weighted by molar-refractivity contribution is -0.140. The fourth-order valence-corrected chi connectivity index (χ4v) is 11.1. The number of nitrogens with zero attached hydrogens (tertiary/aromatic N) is 5. The molecule has 2 aliphatic carbocycles. The maximum Gasteiger partial charge on any atom is 0.417 e. The Morgan fingerprint density at radius 2 is 1.12 bits per heavy atom. The van der Waals surface area contributed by atoms with Crippen LogP contribution in [0.3, 0.4) is 0 Å². The van der Waals surface area contributed by atoms with Crippen LogP contribution in [0.15, 0.2) is 48.5 Å². The van der Waals surface area contributed by atoms with Gasteiger partial charge in [-0.3, -0.25) is 19.2 Å². The summed E-state index contributed by atoms with van der Waals surface area (Å²) in [6, 6.07) is 9.60. The summed E-state index contributed by atoms with van der Waals surface area (Å²) >= 11 is 0. The van der Waals surface area contributed by atoms with Crippen LogP contribution in [0.25, 0.3) is 4.85 Å². The minimum absolute atomic E-state index is 0.121. The Kier molecular flexibility index (Phi) is 20.3. The number of halogens is 6. The number of ether oxygens (including phenoxy) is 3. The fraction of sp³-hybridized carbons (Fsp3) is 0.610. The van der Waals surface area contributed by atoms with Crippen molar-refractivity contribution in [2.45, 2.75) is 206 Å². The van der Waals surface area contributed by atoms with Crippen LogP contribution in [0, 0.1) is 6.57 Å². The number of alkyl halides is 6. The number of hydrogen-bond acceptors (Lipinski definition) is 8. The molecule has 3 aromatic rings. The molecule has 428 valence electrons. The van der Waals surface area contributed by atoms with E-state index in [0.29, 0.717) is 24.3 Å². The topological polar surface area (TPSA) is 134 Å². The number of amides is 4. The summed E-state index contributed by atoms with van der Waals surface area (Å²) in [6.45, 7) is 20.9. The van der Waals surface area contributed by atoms with Crippen LogP contribution in [0.1, 0.15) is 190 Å². The number of fused-ring (bicyclic) bond motifs is 2. The fourth-order valence-electron chi connectivity index (χ4n) is 11.1. The Morgan fingerprint density at radius 3 is 1.50 bits per heavy atom. The Balaban J connectivity index is 0.000000258. The molecule has 78 heavy (non-hydrogen) atoms. The lowest BCUT2D eigenvalue weighted by atomic mass is 9.92. The summed E-state index contributed by atoms with van der Waals surface area (Å²) in [7, 11) is 0. The molecule has 2 fully saturated rings. The highest BCUT2D eigenvalue weighted by molar-refractivity contribution is 6.06. The molecule has 0 radical (unpaired) electrons. The Labute approximate surface area is 455 Å². The van der Waals surface area contributed by atoms with Crippen molar-refractivity contribution in [1.29, 1.82) is 0 Å². The van der Waals surface area contributed by atoms with Crippen LogP contribution in [0.2, 0.25) is 0 Å². The van der Waals surface area contributed by atoms with Crippen LogP contribution in [-0.4, -0.2) is 100 Å². The van der Waals surface area contributed by atoms with Gasteiger partial charge in [0.2, 0.25) is 11.2 Å². The number of anilines is 2. The molecular formula is C59H77F6N5O8. The molecule has 3 aromatic carbocycles. The molecule has 13 nitrogen and oxygen atoms in total. The highest BCUT2D eigenvalue weighted by Crippen LogP contribution is 2.47. The van der Waals surface area contributed by atoms with E-state index in [1.165, 1.54) is 41.8 Å². The zero-order valence-electron chi connectivity index (χ0n) is 46.4. The molecule has 2 atom stereocenters. The zero-order chi connectivity index (χ0) is 57.3. The van der Waals surface area contributed by atoms with Gasteiger partial charge in [-0.05, 0) is 116 Å². The summed E-state index contributed by atoms with van der Waals surface area (Å²) < 4.78 is 104. The molecule has 2 saturated carbocycles. The van der Waals surface area contributed by atoms with Gasteiger partial charge in [0.25, 0.3) is 23.6 Å². The quantitative estimate of drug-likeness (QED) is 0.0756. The third-order valence-electron chi connectivity index (χ3n) is 15.2. The molecule has 2 aliphatic heterocycles. The Morgan fingerprint density at radius 1 is 0.692 bits per heavy atom. The number of carbonyl (C=O) groups excluding carboxylic acids is 4. The molecule has 4 aliphatic rings. The van der Waals surface area contributed by atoms with Gasteiger partial charge in [0.15, 0.2) is 5.69 Å². The van der Waals surface area contributed by atoms with Crippen LogP contribution >= 0.6 is 0 Å². The standard InChI is InChI=1S/C33H40F3N3O4.C26H37F3N2O4/c1-6-7-11-17-38-28-19-26(30(40)39(22(2)3)24-14-9-8-10-15-24)27(33(34,35)36)20-29(28)43-32(4,31(38)41)21-42-25-16-12-13-23(18-25)37-5;1-5-6-10-13-30-21-14-19(23(33)31(17(2)3)18-11-8-7-9-12-18)20(26(27,28)29)15-22(21)35-25(4,16-32)24(30)34/h12-13,16,18-20,22,24H,6-11,14-15,17,21H2,1-4H3;14-15,17-18,32H,5-13,16H2,1-4H3. The molecular weight excluding hydrogens is 1020 g/mol. The normalized spacial score (nSPS) is 20.0. The molecule has 0 saturated heterocycles. The van der Waals surface area contributed by atoms with Gasteiger partial charge in [0.05, 0.1) is 46.8 Å². The number of benzene rings is 3. The summed E-state index contributed by atoms with van der Waals surface area (Å²) in [6.07, 6.45) is 3.86. The summed E-state index contributed by atoms with van der Waals surface area (Å²) in [5.74, 6) is -2.32. The van der Waals surface area contributed by atoms with E-state index in [4.69, 9.17) is 20.8 Å². The van der Waals surface area contributed by atoms with E-state index in [1.54, 1.807) is 28.0 Å². The first-order valence-corrected chi connectivity index (χ1v) is 27.7. The van der Waals surface area contributed by atoms with Crippen LogP contribution < -0.4 is 24.0 Å². The van der Waals surface area contributed by atoms with Gasteiger partial charge in [0, 0.05) is 37.3 Å². The van der Waals surface area contributed by atoms with Crippen molar-refractivity contribution in [3.05, 3.63) is 82.2 Å². The van der Waals surface area contributed by atoms with Crippen LogP contribution in [0.5, 0.6) is 17.2 Å². The van der Waals surface area contributed by atoms with E-state index in [1.807, 2.05) is 41.5 Å². The lowest BCUT2D eigenvalue weighted by Crippen LogP contribution is -2.58. The first-order valence-electron chi connectivity index (χ1n) is 27.7. The van der Waals surface area contributed by atoms with Gasteiger partial charge in [0.1, 0.15) is 23.9 Å². The summed E-state index contributed by atoms with van der Waals surface area (Å²) in [4.78, 5) is 64.2. The minimum Gasteiger partial charge on any atom is -0.490 e. The van der Waals surface area contributed by atoms with E-state index in [9.17, 15) is 50.6 Å². The lowest BCUT2D eigenvalue weighted by Gasteiger charge is -2.41. The predicted molar refractivity (Wildman–Crippen MR) is 286 cm³/mol. The first-order chi connectivity index (χ1) is 36.8. The molecule has 0 bridgehead atoms. The molecule has 1 N–H and O–H groups in total. The maximum absolute atomic E-state index is 14.6. The van der Waals surface area contributed by atoms with Gasteiger partial charge in [-0.2, -0.15) is 26.3 Å². The van der Waals surface area contributed by atoms with Crippen molar-refractivity contribution >= 4 is 40.7 Å². The monoisotopic (exact) mass is 1100 g/mol. The number of rotatable bonds is 18. The zero-order valence-corrected chi connectivity index (χ0v) is 46.4. The number of hydrogen-bond donors (Lipinski definition) is 1. The van der Waals surface area contributed by atoms with Crippen LogP contribution in [-0.2, 0) is 21.9 Å². The molecule has 2 unspecified atom stereocenters. The van der Waals surface area contributed by atoms with E-state index in [-0.39, 0.29) is 66.7 Å². The molecule has 7 rings (SSSR count). The van der Waals surface area contributed by atoms with Crippen molar-refractivity contribution < 1.29 is 64.8 Å². The minimum atomic E-state index is -4.83. The second-order valence-corrected chi connectivity index (χ2v) is 22.0. The smallest absolute Gasteiger partial charge is 0.417 e. The Bertz CT molecular complexity index is 2640. The van der Waals surface area contributed by atoms with Crippen molar-refractivity contribution in [2.75, 3.05) is 36.1 Å². The average Bonchev–Trinajstić information content (AvgIpc) is 3.54. The number of carbonyl (C=O) groups is 4. The Hall–Kier alpha value is -6.03. The van der Waals surface area contributed by atoms with E-state index in [0.717, 1.165) is 102 Å². The second kappa shape index (κ2) is 25.8. The van der Waals surface area contributed by atoms with Gasteiger partial charge in [-0.1, -0.05) is 90.2 Å². The van der Waals surface area contributed by atoms with Crippen molar-refractivity contribution in [2.24, 2.45) is 0 Å². The number of aliphatic hydroxyl groups excluding tert-OH is 1. The average molecular weight is 1100 g/mol. The van der Waals surface area contributed by atoms with Crippen molar-refractivity contribution in [3.63, 3.8) is 0 Å². The molecule has 2 heterocycles. The van der Waals surface area contributed by atoms with Gasteiger partial charge >= 0.3 is 12.4 Å². The molecule has 0 aromatic heterocycles. The third kappa shape index (κ3) is 13.9. The van der Waals surface area contributed by atoms with Gasteiger partial charge < -0.3 is 38.9 Å². The summed E-state index contributed by atoms with van der Waals surface area (Å²) in [5, 5.41) is 9.83. The number of aliphatic hydroxyl groups is 1. The highest BCUT2D eigenvalue weighted by atomic mass is 19.4. The first kappa shape index (κ1) is 61.2. The summed E-state index contributed by atoms with van der Waals surface area (Å²) in [5.41, 5.74) is -5.83. The van der Waals surface area contributed by atoms with Crippen molar-refractivity contribution in [3.8, 4) is 17.2 Å². The van der Waals surface area contributed by atoms with E-state index in [2.05, 4.69) is 4.85 Å². The molecule has 0 spiro atoms. The third-order valence-corrected chi connectivity index (χ3v) is 15.2. The van der Waals surface area contributed by atoms with Gasteiger partial charge in [-0.25, -0.2) is 4.85 Å². The van der Waals surface area contributed by atoms with Gasteiger partial charge in [-0.15, -0.1) is 0 Å². The predicted octanol–water partition coefficient (Wildman–Crippen LogP) is 13.7. The number of unbranched alkanes of at least 4 members (excludes halogenated alkanes) is 4. The van der Waals surface area contributed by atoms with Crippen LogP contribution in [0.4, 0.5) is 43.4 Å². The second-order valence-electron chi connectivity index (χ2n) is 22.0. The van der Waals surface area contributed by atoms with E-state index < -0.39 is 76.0 Å². The van der Waals surface area contributed by atoms with Crippen molar-refractivity contribution in [1.82, 2.24) is 9.80 Å². The molecule has 19 heteroatoms. The highest BCUT2D eigenvalue weighted by Gasteiger charge is 2.50.